The molecule has 0 aliphatic rings. The van der Waals surface area contributed by atoms with Gasteiger partial charge >= 0.3 is 56.6 Å². The second-order valence-corrected chi connectivity index (χ2v) is 7.03. The topological polar surface area (TPSA) is 172 Å². The van der Waals surface area contributed by atoms with E-state index >= 15 is 0 Å². The molecule has 16 heavy (non-hydrogen) atoms. The molecule has 0 aromatic carbocycles. The predicted molar refractivity (Wildman–Crippen MR) is 32.9 cm³/mol. The Hall–Kier alpha value is 1.52. The standard InChI is InChI=1S/CH4O9S3.3Li/c2-11(3,4)1(12(5,6)7)13(8,9)10;;;/h1H,(H,2,3,4)(H,5,6,7)(H,8,9,10);;;/q;3*+1/p-3. The Labute approximate surface area is 129 Å². The van der Waals surface area contributed by atoms with Gasteiger partial charge in [0.1, 0.15) is 30.4 Å². The fraction of sp³-hybridized carbons (Fsp3) is 1.00. The van der Waals surface area contributed by atoms with Gasteiger partial charge in [-0.15, -0.1) is 0 Å². The molecule has 0 aromatic heterocycles. The second-order valence-electron chi connectivity index (χ2n) is 1.77. The van der Waals surface area contributed by atoms with Crippen LogP contribution in [0, 0.1) is 0 Å². The molecule has 0 heterocycles. The van der Waals surface area contributed by atoms with E-state index in [1.54, 1.807) is 0 Å². The SMILES string of the molecule is O=S(=O)([O-])C(S(=O)(=O)[O-])S(=O)(=O)[O-].[Li+].[Li+].[Li+]. The molecule has 0 N–H and O–H groups in total. The van der Waals surface area contributed by atoms with Gasteiger partial charge in [-0.1, -0.05) is 0 Å². The molecule has 0 unspecified atom stereocenters. The van der Waals surface area contributed by atoms with E-state index in [1.165, 1.54) is 0 Å². The van der Waals surface area contributed by atoms with Crippen LogP contribution in [-0.2, 0) is 30.4 Å². The van der Waals surface area contributed by atoms with Crippen molar-refractivity contribution >= 4 is 30.4 Å². The van der Waals surface area contributed by atoms with Crippen molar-refractivity contribution in [1.29, 1.82) is 0 Å². The third-order valence-electron chi connectivity index (χ3n) is 0.707. The van der Waals surface area contributed by atoms with Crippen molar-refractivity contribution in [3.05, 3.63) is 0 Å². The first kappa shape index (κ1) is 26.2. The van der Waals surface area contributed by atoms with E-state index in [2.05, 4.69) is 0 Å². The summed E-state index contributed by atoms with van der Waals surface area (Å²) in [4.78, 5) is 0. The number of hydrogen-bond acceptors (Lipinski definition) is 9. The van der Waals surface area contributed by atoms with Gasteiger partial charge in [-0.3, -0.25) is 0 Å². The Bertz CT molecular complexity index is 408. The summed E-state index contributed by atoms with van der Waals surface area (Å²) >= 11 is 0. The monoisotopic (exact) mass is 274 g/mol. The molecule has 9 nitrogen and oxygen atoms in total. The van der Waals surface area contributed by atoms with Crippen LogP contribution in [0.2, 0.25) is 0 Å². The molecule has 0 fully saturated rings. The van der Waals surface area contributed by atoms with Crippen molar-refractivity contribution < 1.29 is 95.5 Å². The average molecular weight is 274 g/mol. The molecule has 15 heteroatoms. The summed E-state index contributed by atoms with van der Waals surface area (Å²) in [5.41, 5.74) is 0. The molecule has 0 rings (SSSR count). The summed E-state index contributed by atoms with van der Waals surface area (Å²) in [5, 5.41) is 0. The summed E-state index contributed by atoms with van der Waals surface area (Å²) in [7, 11) is -18.1. The molecular weight excluding hydrogens is 273 g/mol. The van der Waals surface area contributed by atoms with E-state index in [4.69, 9.17) is 0 Å². The second kappa shape index (κ2) is 7.85. The first-order valence-electron chi connectivity index (χ1n) is 2.21. The van der Waals surface area contributed by atoms with Crippen LogP contribution in [0.4, 0.5) is 0 Å². The minimum atomic E-state index is -6.03. The van der Waals surface area contributed by atoms with Gasteiger partial charge in [0.25, 0.3) is 0 Å². The van der Waals surface area contributed by atoms with Gasteiger partial charge in [0.15, 0.2) is 0 Å². The van der Waals surface area contributed by atoms with E-state index in [1.807, 2.05) is 0 Å². The zero-order chi connectivity index (χ0) is 11.1. The van der Waals surface area contributed by atoms with E-state index in [0.717, 1.165) is 0 Å². The largest absolute Gasteiger partial charge is 1.00 e. The van der Waals surface area contributed by atoms with Crippen LogP contribution in [0.15, 0.2) is 0 Å². The maximum Gasteiger partial charge on any atom is 1.00 e. The van der Waals surface area contributed by atoms with E-state index in [0.29, 0.717) is 0 Å². The van der Waals surface area contributed by atoms with Crippen LogP contribution in [0.1, 0.15) is 0 Å². The first-order chi connectivity index (χ1) is 5.37. The van der Waals surface area contributed by atoms with Gasteiger partial charge in [-0.2, -0.15) is 0 Å². The van der Waals surface area contributed by atoms with Crippen LogP contribution in [0.5, 0.6) is 0 Å². The van der Waals surface area contributed by atoms with Gasteiger partial charge in [0.2, 0.25) is 3.91 Å². The van der Waals surface area contributed by atoms with Crippen LogP contribution in [-0.4, -0.2) is 42.8 Å². The Morgan fingerprint density at radius 3 is 0.688 bits per heavy atom. The third kappa shape index (κ3) is 8.59. The summed E-state index contributed by atoms with van der Waals surface area (Å²) < 4.78 is 85.2. The van der Waals surface area contributed by atoms with Crippen LogP contribution in [0.25, 0.3) is 0 Å². The zero-order valence-corrected chi connectivity index (χ0v) is 10.9. The van der Waals surface area contributed by atoms with Crippen molar-refractivity contribution in [2.24, 2.45) is 0 Å². The summed E-state index contributed by atoms with van der Waals surface area (Å²) in [6.45, 7) is 0. The smallest absolute Gasteiger partial charge is 0.746 e. The van der Waals surface area contributed by atoms with Gasteiger partial charge in [-0.05, 0) is 0 Å². The quantitative estimate of drug-likeness (QED) is 0.357. The van der Waals surface area contributed by atoms with E-state index < -0.39 is 34.3 Å². The molecule has 0 aliphatic heterocycles. The Morgan fingerprint density at radius 2 is 0.688 bits per heavy atom. The van der Waals surface area contributed by atoms with Crippen LogP contribution in [0.3, 0.4) is 0 Å². The Balaban J connectivity index is -0.000000240. The maximum absolute atomic E-state index is 9.91. The minimum absolute atomic E-state index is 0. The van der Waals surface area contributed by atoms with Gasteiger partial charge < -0.3 is 13.7 Å². The predicted octanol–water partition coefficient (Wildman–Crippen LogP) is -12.1. The molecule has 0 aromatic rings. The normalized spacial score (nSPS) is 12.0. The Kier molecular flexibility index (Phi) is 12.8. The fourth-order valence-electron chi connectivity index (χ4n) is 0.433. The van der Waals surface area contributed by atoms with E-state index in [-0.39, 0.29) is 56.6 Å². The van der Waals surface area contributed by atoms with Gasteiger partial charge in [0.05, 0.1) is 0 Å². The zero-order valence-electron chi connectivity index (χ0n) is 8.48. The Morgan fingerprint density at radius 1 is 0.562 bits per heavy atom. The van der Waals surface area contributed by atoms with E-state index in [9.17, 15) is 38.9 Å². The summed E-state index contributed by atoms with van der Waals surface area (Å²) in [5.74, 6) is 0. The maximum atomic E-state index is 9.91. The molecule has 0 saturated heterocycles. The summed E-state index contributed by atoms with van der Waals surface area (Å²) in [6.07, 6.45) is 0. The molecule has 0 spiro atoms. The number of rotatable bonds is 3. The van der Waals surface area contributed by atoms with Crippen molar-refractivity contribution in [2.45, 2.75) is 3.91 Å². The van der Waals surface area contributed by atoms with Crippen LogP contribution >= 0.6 is 0 Å². The van der Waals surface area contributed by atoms with Crippen molar-refractivity contribution in [1.82, 2.24) is 0 Å². The summed E-state index contributed by atoms with van der Waals surface area (Å²) in [6, 6.07) is 0. The molecule has 0 atom stereocenters. The van der Waals surface area contributed by atoms with Crippen molar-refractivity contribution in [3.63, 3.8) is 0 Å². The average Bonchev–Trinajstić information content (AvgIpc) is 1.44. The molecule has 0 bridgehead atoms. The van der Waals surface area contributed by atoms with Gasteiger partial charge in [0, 0.05) is 0 Å². The number of hydrogen-bond donors (Lipinski definition) is 0. The molecule has 80 valence electrons. The third-order valence-corrected chi connectivity index (χ3v) is 6.36. The van der Waals surface area contributed by atoms with Crippen molar-refractivity contribution in [3.8, 4) is 0 Å². The fourth-order valence-corrected chi connectivity index (χ4v) is 3.90. The molecule has 0 saturated carbocycles. The first-order valence-corrected chi connectivity index (χ1v) is 6.62. The molecule has 0 radical (unpaired) electrons. The van der Waals surface area contributed by atoms with Gasteiger partial charge in [-0.25, -0.2) is 25.3 Å². The van der Waals surface area contributed by atoms with Crippen molar-refractivity contribution in [2.75, 3.05) is 0 Å². The van der Waals surface area contributed by atoms with Crippen LogP contribution < -0.4 is 56.6 Å². The molecule has 0 aliphatic carbocycles. The minimum Gasteiger partial charge on any atom is -0.746 e. The molecule has 0 amide bonds. The molecular formula is CHLi3O9S3.